The first-order valence-corrected chi connectivity index (χ1v) is 10.5. The number of thiazole rings is 1. The first kappa shape index (κ1) is 17.5. The van der Waals surface area contributed by atoms with Gasteiger partial charge in [0.15, 0.2) is 5.82 Å². The molecule has 8 nitrogen and oxygen atoms in total. The summed E-state index contributed by atoms with van der Waals surface area (Å²) in [5.74, 6) is 2.70. The van der Waals surface area contributed by atoms with Gasteiger partial charge in [-0.1, -0.05) is 5.16 Å². The number of fused-ring (bicyclic) bond motifs is 2. The lowest BCUT2D eigenvalue weighted by molar-refractivity contribution is -0.125. The quantitative estimate of drug-likeness (QED) is 0.724. The van der Waals surface area contributed by atoms with E-state index in [0.717, 1.165) is 71.6 Å². The van der Waals surface area contributed by atoms with Gasteiger partial charge in [0.25, 0.3) is 0 Å². The van der Waals surface area contributed by atoms with E-state index in [1.807, 2.05) is 13.8 Å². The van der Waals surface area contributed by atoms with Gasteiger partial charge in [0.1, 0.15) is 16.6 Å². The maximum atomic E-state index is 12.7. The Bertz CT molecular complexity index is 1030. The van der Waals surface area contributed by atoms with Crippen LogP contribution >= 0.6 is 11.3 Å². The van der Waals surface area contributed by atoms with Crippen molar-refractivity contribution in [3.63, 3.8) is 0 Å². The van der Waals surface area contributed by atoms with E-state index < -0.39 is 0 Å². The second-order valence-electron chi connectivity index (χ2n) is 7.53. The molecule has 9 heteroatoms. The summed E-state index contributed by atoms with van der Waals surface area (Å²) < 4.78 is 7.40. The number of rotatable bonds is 4. The van der Waals surface area contributed by atoms with Gasteiger partial charge in [-0.3, -0.25) is 4.79 Å². The molecule has 0 saturated carbocycles. The molecule has 0 bridgehead atoms. The van der Waals surface area contributed by atoms with Gasteiger partial charge in [-0.05, 0) is 33.1 Å². The lowest BCUT2D eigenvalue weighted by Gasteiger charge is -2.20. The van der Waals surface area contributed by atoms with Crippen molar-refractivity contribution in [2.75, 3.05) is 0 Å². The molecule has 4 heterocycles. The highest BCUT2D eigenvalue weighted by atomic mass is 32.1. The number of carbonyl (C=O) groups is 1. The Morgan fingerprint density at radius 3 is 3.04 bits per heavy atom. The summed E-state index contributed by atoms with van der Waals surface area (Å²) in [7, 11) is 0. The molecule has 1 aliphatic carbocycles. The zero-order chi connectivity index (χ0) is 19.3. The van der Waals surface area contributed by atoms with Gasteiger partial charge in [-0.2, -0.15) is 0 Å². The van der Waals surface area contributed by atoms with E-state index >= 15 is 0 Å². The highest BCUT2D eigenvalue weighted by Gasteiger charge is 2.29. The van der Waals surface area contributed by atoms with E-state index in [2.05, 4.69) is 25.2 Å². The van der Waals surface area contributed by atoms with Crippen LogP contribution in [0.15, 0.2) is 4.52 Å². The zero-order valence-corrected chi connectivity index (χ0v) is 16.8. The largest absolute Gasteiger partial charge is 0.361 e. The van der Waals surface area contributed by atoms with E-state index in [4.69, 9.17) is 9.51 Å². The van der Waals surface area contributed by atoms with Crippen molar-refractivity contribution in [1.82, 2.24) is 30.2 Å². The number of aryl methyl sites for hydroxylation is 4. The van der Waals surface area contributed by atoms with E-state index in [1.165, 1.54) is 4.88 Å². The second kappa shape index (κ2) is 6.80. The van der Waals surface area contributed by atoms with Crippen molar-refractivity contribution in [2.45, 2.75) is 59.0 Å². The summed E-state index contributed by atoms with van der Waals surface area (Å²) in [6.07, 6.45) is 4.49. The van der Waals surface area contributed by atoms with E-state index in [-0.39, 0.29) is 11.8 Å². The smallest absolute Gasteiger partial charge is 0.223 e. The Labute approximate surface area is 166 Å². The molecule has 1 N–H and O–H groups in total. The lowest BCUT2D eigenvalue weighted by atomic mass is 9.90. The molecule has 28 heavy (non-hydrogen) atoms. The molecule has 1 unspecified atom stereocenters. The van der Waals surface area contributed by atoms with Crippen LogP contribution in [0, 0.1) is 19.8 Å². The fourth-order valence-corrected chi connectivity index (χ4v) is 5.40. The van der Waals surface area contributed by atoms with Crippen LogP contribution in [0.5, 0.6) is 0 Å². The van der Waals surface area contributed by atoms with Crippen LogP contribution < -0.4 is 5.32 Å². The first-order chi connectivity index (χ1) is 13.6. The molecule has 2 aliphatic rings. The molecule has 0 saturated heterocycles. The van der Waals surface area contributed by atoms with Crippen LogP contribution in [0.25, 0.3) is 10.6 Å². The second-order valence-corrected chi connectivity index (χ2v) is 8.62. The van der Waals surface area contributed by atoms with Gasteiger partial charge >= 0.3 is 0 Å². The number of nitrogens with one attached hydrogen (secondary N) is 1. The van der Waals surface area contributed by atoms with Crippen LogP contribution in [-0.4, -0.2) is 30.8 Å². The highest BCUT2D eigenvalue weighted by molar-refractivity contribution is 7.15. The lowest BCUT2D eigenvalue weighted by Crippen LogP contribution is -2.34. The fourth-order valence-electron chi connectivity index (χ4n) is 4.15. The summed E-state index contributed by atoms with van der Waals surface area (Å²) >= 11 is 1.70. The normalized spacial score (nSPS) is 18.1. The third kappa shape index (κ3) is 2.94. The van der Waals surface area contributed by atoms with Gasteiger partial charge < -0.3 is 14.4 Å². The van der Waals surface area contributed by atoms with Gasteiger partial charge in [0, 0.05) is 30.2 Å². The molecule has 5 rings (SSSR count). The Hall–Kier alpha value is -2.55. The molecule has 0 aromatic carbocycles. The van der Waals surface area contributed by atoms with Crippen molar-refractivity contribution in [1.29, 1.82) is 0 Å². The summed E-state index contributed by atoms with van der Waals surface area (Å²) in [6.45, 7) is 5.23. The van der Waals surface area contributed by atoms with Crippen molar-refractivity contribution in [3.05, 3.63) is 33.7 Å². The Morgan fingerprint density at radius 1 is 1.32 bits per heavy atom. The number of nitrogens with zero attached hydrogens (tertiary/aromatic N) is 5. The van der Waals surface area contributed by atoms with Gasteiger partial charge in [0.2, 0.25) is 5.91 Å². The minimum atomic E-state index is -0.0481. The number of carbonyl (C=O) groups excluding carboxylic acids is 1. The number of aromatic nitrogens is 5. The summed E-state index contributed by atoms with van der Waals surface area (Å²) in [5.41, 5.74) is 2.88. The van der Waals surface area contributed by atoms with Crippen LogP contribution in [0.4, 0.5) is 0 Å². The Balaban J connectivity index is 1.27. The molecular weight excluding hydrogens is 376 g/mol. The van der Waals surface area contributed by atoms with E-state index in [0.29, 0.717) is 13.0 Å². The Kier molecular flexibility index (Phi) is 4.26. The van der Waals surface area contributed by atoms with Crippen molar-refractivity contribution < 1.29 is 9.32 Å². The Morgan fingerprint density at radius 2 is 2.21 bits per heavy atom. The highest BCUT2D eigenvalue weighted by Crippen LogP contribution is 2.37. The molecule has 3 aromatic heterocycles. The fraction of sp³-hybridized carbons (Fsp3) is 0.526. The molecule has 3 aromatic rings. The maximum Gasteiger partial charge on any atom is 0.223 e. The molecule has 1 atom stereocenters. The van der Waals surface area contributed by atoms with Crippen LogP contribution in [0.2, 0.25) is 0 Å². The van der Waals surface area contributed by atoms with Gasteiger partial charge in [-0.15, -0.1) is 21.5 Å². The summed E-state index contributed by atoms with van der Waals surface area (Å²) in [5, 5.41) is 16.4. The summed E-state index contributed by atoms with van der Waals surface area (Å²) in [4.78, 5) is 18.8. The zero-order valence-electron chi connectivity index (χ0n) is 16.0. The monoisotopic (exact) mass is 398 g/mol. The number of hydrogen-bond acceptors (Lipinski definition) is 7. The average Bonchev–Trinajstić information content (AvgIpc) is 3.43. The standard InChI is InChI=1S/C19H22N6O2S/c1-10-17(11(2)27-24-10)19-21-13-8-12(5-6-14(13)28-19)18(26)20-9-16-23-22-15-4-3-7-25(15)16/h12H,3-9H2,1-2H3,(H,20,26). The van der Waals surface area contributed by atoms with Crippen LogP contribution in [0.3, 0.4) is 0 Å². The van der Waals surface area contributed by atoms with Crippen molar-refractivity contribution in [2.24, 2.45) is 5.92 Å². The molecule has 0 radical (unpaired) electrons. The average molecular weight is 398 g/mol. The molecule has 1 aliphatic heterocycles. The molecule has 0 fully saturated rings. The van der Waals surface area contributed by atoms with Gasteiger partial charge in [-0.25, -0.2) is 4.98 Å². The molecular formula is C19H22N6O2S. The number of hydrogen-bond donors (Lipinski definition) is 1. The third-order valence-electron chi connectivity index (χ3n) is 5.66. The minimum absolute atomic E-state index is 0.0481. The van der Waals surface area contributed by atoms with Crippen LogP contribution in [0.1, 0.15) is 46.5 Å². The predicted molar refractivity (Wildman–Crippen MR) is 103 cm³/mol. The SMILES string of the molecule is Cc1noc(C)c1-c1nc2c(s1)CCC(C(=O)NCc1nnc3n1CCC3)C2. The third-order valence-corrected chi connectivity index (χ3v) is 6.84. The predicted octanol–water partition coefficient (Wildman–Crippen LogP) is 2.37. The van der Waals surface area contributed by atoms with E-state index in [1.54, 1.807) is 11.3 Å². The first-order valence-electron chi connectivity index (χ1n) is 9.70. The molecule has 1 amide bonds. The minimum Gasteiger partial charge on any atom is -0.361 e. The summed E-state index contributed by atoms with van der Waals surface area (Å²) in [6, 6.07) is 0. The maximum absolute atomic E-state index is 12.7. The molecule has 0 spiro atoms. The molecule has 146 valence electrons. The van der Waals surface area contributed by atoms with Crippen molar-refractivity contribution in [3.8, 4) is 10.6 Å². The topological polar surface area (TPSA) is 98.7 Å². The van der Waals surface area contributed by atoms with E-state index in [9.17, 15) is 4.79 Å². The van der Waals surface area contributed by atoms with Gasteiger partial charge in [0.05, 0.1) is 23.5 Å². The van der Waals surface area contributed by atoms with Crippen LogP contribution in [-0.2, 0) is 37.1 Å². The van der Waals surface area contributed by atoms with Crippen molar-refractivity contribution >= 4 is 17.2 Å². The number of amides is 1.